The van der Waals surface area contributed by atoms with E-state index in [0.29, 0.717) is 6.04 Å². The van der Waals surface area contributed by atoms with Crippen molar-refractivity contribution in [1.29, 1.82) is 0 Å². The molecule has 0 amide bonds. The number of pyridine rings is 1. The third-order valence-corrected chi connectivity index (χ3v) is 2.94. The molecule has 0 spiro atoms. The van der Waals surface area contributed by atoms with Gasteiger partial charge in [-0.2, -0.15) is 0 Å². The molecule has 0 aliphatic heterocycles. The van der Waals surface area contributed by atoms with Crippen LogP contribution in [-0.2, 0) is 19.9 Å². The first kappa shape index (κ1) is 11.8. The van der Waals surface area contributed by atoms with E-state index in [1.807, 2.05) is 44.8 Å². The minimum Gasteiger partial charge on any atom is -0.338 e. The molecule has 1 atom stereocenters. The smallest absolute Gasteiger partial charge is 0.109 e. The van der Waals surface area contributed by atoms with Crippen LogP contribution >= 0.6 is 0 Å². The average molecular weight is 230 g/mol. The zero-order valence-corrected chi connectivity index (χ0v) is 10.3. The molecule has 90 valence electrons. The molecule has 0 aliphatic rings. The lowest BCUT2D eigenvalue weighted by Crippen LogP contribution is -2.31. The van der Waals surface area contributed by atoms with E-state index in [1.165, 1.54) is 0 Å². The van der Waals surface area contributed by atoms with Crippen molar-refractivity contribution >= 4 is 0 Å². The Hall–Kier alpha value is -1.68. The zero-order chi connectivity index (χ0) is 12.1. The Kier molecular flexibility index (Phi) is 3.88. The van der Waals surface area contributed by atoms with Gasteiger partial charge in [0.15, 0.2) is 0 Å². The lowest BCUT2D eigenvalue weighted by Gasteiger charge is -2.15. The maximum atomic E-state index is 4.35. The maximum Gasteiger partial charge on any atom is 0.109 e. The molecule has 2 heterocycles. The van der Waals surface area contributed by atoms with Gasteiger partial charge in [-0.25, -0.2) is 4.98 Å². The molecule has 0 aliphatic carbocycles. The highest BCUT2D eigenvalue weighted by Crippen LogP contribution is 2.05. The van der Waals surface area contributed by atoms with Crippen LogP contribution in [0.2, 0.25) is 0 Å². The van der Waals surface area contributed by atoms with Crippen LogP contribution in [0.1, 0.15) is 11.5 Å². The highest BCUT2D eigenvalue weighted by Gasteiger charge is 2.11. The number of hydrogen-bond donors (Lipinski definition) is 1. The summed E-state index contributed by atoms with van der Waals surface area (Å²) in [6.45, 7) is 0. The van der Waals surface area contributed by atoms with Gasteiger partial charge in [0.2, 0.25) is 0 Å². The van der Waals surface area contributed by atoms with E-state index in [4.69, 9.17) is 0 Å². The van der Waals surface area contributed by atoms with Crippen LogP contribution in [0.3, 0.4) is 0 Å². The second kappa shape index (κ2) is 5.59. The Balaban J connectivity index is 2.00. The number of nitrogens with zero attached hydrogens (tertiary/aromatic N) is 3. The summed E-state index contributed by atoms with van der Waals surface area (Å²) in [4.78, 5) is 8.70. The van der Waals surface area contributed by atoms with Gasteiger partial charge in [-0.3, -0.25) is 4.98 Å². The summed E-state index contributed by atoms with van der Waals surface area (Å²) in [6.07, 6.45) is 7.48. The minimum absolute atomic E-state index is 0.367. The molecule has 1 N–H and O–H groups in total. The molecule has 4 heteroatoms. The number of rotatable bonds is 5. The van der Waals surface area contributed by atoms with Crippen molar-refractivity contribution in [2.75, 3.05) is 7.05 Å². The first-order valence-electron chi connectivity index (χ1n) is 5.83. The third kappa shape index (κ3) is 3.14. The van der Waals surface area contributed by atoms with Crippen molar-refractivity contribution in [2.45, 2.75) is 18.9 Å². The molecule has 0 saturated heterocycles. The largest absolute Gasteiger partial charge is 0.338 e. The molecule has 0 radical (unpaired) electrons. The molecule has 2 aromatic rings. The lowest BCUT2D eigenvalue weighted by atomic mass is 10.1. The highest BCUT2D eigenvalue weighted by atomic mass is 15.0. The molecule has 0 fully saturated rings. The molecular formula is C13H18N4. The van der Waals surface area contributed by atoms with Crippen molar-refractivity contribution < 1.29 is 0 Å². The monoisotopic (exact) mass is 230 g/mol. The summed E-state index contributed by atoms with van der Waals surface area (Å²) < 4.78 is 2.06. The van der Waals surface area contributed by atoms with Gasteiger partial charge in [0.05, 0.1) is 0 Å². The van der Waals surface area contributed by atoms with Gasteiger partial charge in [0.25, 0.3) is 0 Å². The number of nitrogens with one attached hydrogen (secondary N) is 1. The molecular weight excluding hydrogens is 212 g/mol. The number of hydrogen-bond acceptors (Lipinski definition) is 3. The van der Waals surface area contributed by atoms with Crippen LogP contribution in [0.5, 0.6) is 0 Å². The van der Waals surface area contributed by atoms with E-state index in [0.717, 1.165) is 24.4 Å². The van der Waals surface area contributed by atoms with Gasteiger partial charge in [0, 0.05) is 50.2 Å². The zero-order valence-electron chi connectivity index (χ0n) is 10.3. The standard InChI is InChI=1S/C13H18N4/c1-14-12(9-11-5-3-4-6-15-11)10-13-16-7-8-17(13)2/h3-8,12,14H,9-10H2,1-2H3. The Labute approximate surface area is 102 Å². The fourth-order valence-corrected chi connectivity index (χ4v) is 1.86. The summed E-state index contributed by atoms with van der Waals surface area (Å²) >= 11 is 0. The fraction of sp³-hybridized carbons (Fsp3) is 0.385. The van der Waals surface area contributed by atoms with Gasteiger partial charge < -0.3 is 9.88 Å². The normalized spacial score (nSPS) is 12.6. The van der Waals surface area contributed by atoms with E-state index in [2.05, 4.69) is 25.9 Å². The summed E-state index contributed by atoms with van der Waals surface area (Å²) in [5.74, 6) is 1.10. The van der Waals surface area contributed by atoms with Gasteiger partial charge in [0.1, 0.15) is 5.82 Å². The van der Waals surface area contributed by atoms with E-state index in [1.54, 1.807) is 0 Å². The Morgan fingerprint density at radius 3 is 2.71 bits per heavy atom. The van der Waals surface area contributed by atoms with Crippen LogP contribution in [-0.4, -0.2) is 27.6 Å². The summed E-state index contributed by atoms with van der Waals surface area (Å²) in [5.41, 5.74) is 1.11. The topological polar surface area (TPSA) is 42.7 Å². The van der Waals surface area contributed by atoms with Crippen molar-refractivity contribution in [3.63, 3.8) is 0 Å². The van der Waals surface area contributed by atoms with Crippen LogP contribution in [0, 0.1) is 0 Å². The number of aryl methyl sites for hydroxylation is 1. The van der Waals surface area contributed by atoms with Gasteiger partial charge in [-0.1, -0.05) is 6.07 Å². The first-order chi connectivity index (χ1) is 8.29. The summed E-state index contributed by atoms with van der Waals surface area (Å²) in [6, 6.07) is 6.39. The lowest BCUT2D eigenvalue weighted by molar-refractivity contribution is 0.529. The van der Waals surface area contributed by atoms with Gasteiger partial charge >= 0.3 is 0 Å². The molecule has 4 nitrogen and oxygen atoms in total. The Morgan fingerprint density at radius 2 is 2.12 bits per heavy atom. The van der Waals surface area contributed by atoms with Crippen molar-refractivity contribution in [3.8, 4) is 0 Å². The first-order valence-corrected chi connectivity index (χ1v) is 5.83. The second-order valence-corrected chi connectivity index (χ2v) is 4.17. The van der Waals surface area contributed by atoms with E-state index in [9.17, 15) is 0 Å². The maximum absolute atomic E-state index is 4.35. The molecule has 0 bridgehead atoms. The predicted molar refractivity (Wildman–Crippen MR) is 67.7 cm³/mol. The van der Waals surface area contributed by atoms with Gasteiger partial charge in [-0.05, 0) is 19.2 Å². The highest BCUT2D eigenvalue weighted by molar-refractivity contribution is 5.06. The third-order valence-electron chi connectivity index (χ3n) is 2.94. The van der Waals surface area contributed by atoms with Crippen molar-refractivity contribution in [3.05, 3.63) is 48.3 Å². The summed E-state index contributed by atoms with van der Waals surface area (Å²) in [5, 5.41) is 3.32. The minimum atomic E-state index is 0.367. The van der Waals surface area contributed by atoms with E-state index in [-0.39, 0.29) is 0 Å². The van der Waals surface area contributed by atoms with Crippen molar-refractivity contribution in [1.82, 2.24) is 19.9 Å². The van der Waals surface area contributed by atoms with Crippen LogP contribution in [0.25, 0.3) is 0 Å². The number of aromatic nitrogens is 3. The van der Waals surface area contributed by atoms with Gasteiger partial charge in [-0.15, -0.1) is 0 Å². The molecule has 17 heavy (non-hydrogen) atoms. The van der Waals surface area contributed by atoms with Crippen LogP contribution < -0.4 is 5.32 Å². The molecule has 0 aromatic carbocycles. The Bertz CT molecular complexity index is 449. The molecule has 1 unspecified atom stereocenters. The number of imidazole rings is 1. The number of likely N-dealkylation sites (N-methyl/N-ethyl adjacent to an activating group) is 1. The molecule has 0 saturated carbocycles. The molecule has 2 rings (SSSR count). The average Bonchev–Trinajstić information content (AvgIpc) is 2.75. The van der Waals surface area contributed by atoms with Crippen molar-refractivity contribution in [2.24, 2.45) is 7.05 Å². The van der Waals surface area contributed by atoms with Crippen LogP contribution in [0.4, 0.5) is 0 Å². The molecule has 2 aromatic heterocycles. The SMILES string of the molecule is CNC(Cc1ccccn1)Cc1nccn1C. The fourth-order valence-electron chi connectivity index (χ4n) is 1.86. The van der Waals surface area contributed by atoms with E-state index < -0.39 is 0 Å². The predicted octanol–water partition coefficient (Wildman–Crippen LogP) is 1.19. The summed E-state index contributed by atoms with van der Waals surface area (Å²) in [7, 11) is 4.01. The Morgan fingerprint density at radius 1 is 1.24 bits per heavy atom. The van der Waals surface area contributed by atoms with E-state index >= 15 is 0 Å². The quantitative estimate of drug-likeness (QED) is 0.839. The van der Waals surface area contributed by atoms with Crippen LogP contribution in [0.15, 0.2) is 36.8 Å². The second-order valence-electron chi connectivity index (χ2n) is 4.17.